The number of aromatic nitrogens is 3. The number of nitrogens with zero attached hydrogens (tertiary/aromatic N) is 8. The molecule has 57 heavy (non-hydrogen) atoms. The molecule has 0 radical (unpaired) electrons. The normalized spacial score (nSPS) is 18.8. The fourth-order valence-corrected chi connectivity index (χ4v) is 9.43. The molecule has 0 spiro atoms. The molecule has 0 aliphatic carbocycles. The van der Waals surface area contributed by atoms with E-state index >= 15 is 0 Å². The molecule has 0 unspecified atom stereocenters. The molecule has 16 heteroatoms. The molecule has 6 heterocycles. The lowest BCUT2D eigenvalue weighted by Gasteiger charge is -2.46. The maximum Gasteiger partial charge on any atom is 0.328 e. The predicted octanol–water partition coefficient (Wildman–Crippen LogP) is 5.56. The van der Waals surface area contributed by atoms with Gasteiger partial charge in [0.2, 0.25) is 11.9 Å². The average Bonchev–Trinajstić information content (AvgIpc) is 3.21. The molecule has 3 N–H and O–H groups in total. The second-order valence-corrected chi connectivity index (χ2v) is 18.1. The average molecular weight is 812 g/mol. The van der Waals surface area contributed by atoms with Gasteiger partial charge in [0.05, 0.1) is 30.9 Å². The van der Waals surface area contributed by atoms with Crippen LogP contribution in [0.5, 0.6) is 5.75 Å². The minimum absolute atomic E-state index is 0.213. The second kappa shape index (κ2) is 17.4. The van der Waals surface area contributed by atoms with Gasteiger partial charge in [0, 0.05) is 118 Å². The van der Waals surface area contributed by atoms with Gasteiger partial charge in [-0.2, -0.15) is 4.98 Å². The quantitative estimate of drug-likeness (QED) is 0.155. The van der Waals surface area contributed by atoms with E-state index in [1.165, 1.54) is 11.0 Å². The van der Waals surface area contributed by atoms with Gasteiger partial charge in [-0.25, -0.2) is 9.78 Å². The van der Waals surface area contributed by atoms with Crippen molar-refractivity contribution >= 4 is 77.0 Å². The Morgan fingerprint density at radius 3 is 2.32 bits per heavy atom. The number of urea groups is 1. The highest BCUT2D eigenvalue weighted by Crippen LogP contribution is 2.35. The van der Waals surface area contributed by atoms with Crippen molar-refractivity contribution in [1.29, 1.82) is 0 Å². The fourth-order valence-electron chi connectivity index (χ4n) is 8.33. The van der Waals surface area contributed by atoms with Crippen molar-refractivity contribution in [3.8, 4) is 5.75 Å². The number of hydrogen-bond donors (Lipinski definition) is 3. The third-order valence-electron chi connectivity index (χ3n) is 11.5. The number of anilines is 7. The summed E-state index contributed by atoms with van der Waals surface area (Å²) < 4.78 is 5.84. The summed E-state index contributed by atoms with van der Waals surface area (Å²) in [6, 6.07) is 16.7. The van der Waals surface area contributed by atoms with Gasteiger partial charge < -0.3 is 30.1 Å². The standard InChI is InChI=1S/C41H51ClN11O3P/c1-56-36-22-32(8-9-34(36)46-40-44-23-33(42)39(48-40)45-35-24-43-14-10-37(35)57(2)3)50-15-11-30(12-16-50)51-20-18-49(19-21-51)25-28-26-52(27-28)29-4-6-31(7-5-29)53-17-13-38(54)47-41(53)55/h4-10,14,22-24,28,30H,11-13,15-21,25-27H2,1-3H3,(H,47,54,55)(H2,44,45,46,48). The molecule has 3 amide bonds. The molecular weight excluding hydrogens is 761 g/mol. The molecule has 0 atom stereocenters. The first-order valence-electron chi connectivity index (χ1n) is 19.7. The summed E-state index contributed by atoms with van der Waals surface area (Å²) in [6.07, 6.45) is 7.82. The Kier molecular flexibility index (Phi) is 11.9. The van der Waals surface area contributed by atoms with Crippen molar-refractivity contribution < 1.29 is 14.3 Å². The van der Waals surface area contributed by atoms with Crippen LogP contribution < -0.4 is 40.7 Å². The van der Waals surface area contributed by atoms with Crippen LogP contribution in [0.3, 0.4) is 0 Å². The Hall–Kier alpha value is -4.75. The van der Waals surface area contributed by atoms with Gasteiger partial charge in [0.15, 0.2) is 5.82 Å². The molecule has 2 aromatic carbocycles. The van der Waals surface area contributed by atoms with Crippen LogP contribution in [0.2, 0.25) is 5.02 Å². The van der Waals surface area contributed by atoms with Crippen LogP contribution in [0.4, 0.5) is 45.0 Å². The molecule has 8 rings (SSSR count). The molecular formula is C41H51ClN11O3P. The number of imide groups is 1. The molecule has 300 valence electrons. The number of amides is 3. The van der Waals surface area contributed by atoms with E-state index in [-0.39, 0.29) is 19.9 Å². The number of rotatable bonds is 12. The van der Waals surface area contributed by atoms with E-state index in [4.69, 9.17) is 16.3 Å². The second-order valence-electron chi connectivity index (χ2n) is 15.4. The van der Waals surface area contributed by atoms with Crippen LogP contribution in [0.15, 0.2) is 67.1 Å². The minimum atomic E-state index is -0.348. The lowest BCUT2D eigenvalue weighted by molar-refractivity contribution is -0.120. The fraction of sp³-hybridized carbons (Fsp3) is 0.439. The van der Waals surface area contributed by atoms with Gasteiger partial charge in [-0.05, 0) is 68.6 Å². The number of nitrogens with one attached hydrogen (secondary N) is 3. The maximum atomic E-state index is 12.2. The zero-order chi connectivity index (χ0) is 39.5. The van der Waals surface area contributed by atoms with Gasteiger partial charge in [0.1, 0.15) is 10.8 Å². The van der Waals surface area contributed by atoms with E-state index in [1.807, 2.05) is 24.3 Å². The maximum absolute atomic E-state index is 12.2. The van der Waals surface area contributed by atoms with E-state index in [9.17, 15) is 9.59 Å². The lowest BCUT2D eigenvalue weighted by atomic mass is 9.97. The first kappa shape index (κ1) is 39.1. The number of pyridine rings is 1. The molecule has 4 saturated heterocycles. The van der Waals surface area contributed by atoms with Gasteiger partial charge >= 0.3 is 6.03 Å². The van der Waals surface area contributed by atoms with Gasteiger partial charge in [-0.15, -0.1) is 0 Å². The summed E-state index contributed by atoms with van der Waals surface area (Å²) >= 11 is 6.50. The highest BCUT2D eigenvalue weighted by Gasteiger charge is 2.32. The van der Waals surface area contributed by atoms with Crippen LogP contribution in [0, 0.1) is 5.92 Å². The van der Waals surface area contributed by atoms with Crippen molar-refractivity contribution in [3.05, 3.63) is 72.1 Å². The Labute approximate surface area is 340 Å². The van der Waals surface area contributed by atoms with Crippen LogP contribution in [-0.2, 0) is 4.79 Å². The minimum Gasteiger partial charge on any atom is -0.494 e. The van der Waals surface area contributed by atoms with Gasteiger partial charge in [-0.3, -0.25) is 24.9 Å². The SMILES string of the molecule is COc1cc(N2CCC(N3CCN(CC4CN(c5ccc(N6CCC(=O)NC6=O)cc5)C4)CC3)CC2)ccc1Nc1ncc(Cl)c(Nc2cnccc2P(C)C)n1. The van der Waals surface area contributed by atoms with E-state index in [1.54, 1.807) is 30.6 Å². The molecule has 0 saturated carbocycles. The Bertz CT molecular complexity index is 2050. The van der Waals surface area contributed by atoms with E-state index in [0.29, 0.717) is 41.7 Å². The number of carbonyl (C=O) groups is 2. The number of carbonyl (C=O) groups excluding carboxylic acids is 2. The zero-order valence-electron chi connectivity index (χ0n) is 32.8. The summed E-state index contributed by atoms with van der Waals surface area (Å²) in [7, 11) is 1.34. The molecule has 14 nitrogen and oxygen atoms in total. The van der Waals surface area contributed by atoms with Crippen molar-refractivity contribution in [2.24, 2.45) is 5.92 Å². The molecule has 0 bridgehead atoms. The third-order valence-corrected chi connectivity index (χ3v) is 13.1. The van der Waals surface area contributed by atoms with Crippen LogP contribution in [0.25, 0.3) is 0 Å². The molecule has 4 fully saturated rings. The van der Waals surface area contributed by atoms with Crippen LogP contribution in [0.1, 0.15) is 19.3 Å². The van der Waals surface area contributed by atoms with Crippen molar-refractivity contribution in [2.75, 3.05) is 111 Å². The third kappa shape index (κ3) is 9.04. The summed E-state index contributed by atoms with van der Waals surface area (Å²) in [5, 5.41) is 10.7. The van der Waals surface area contributed by atoms with Crippen LogP contribution >= 0.6 is 19.5 Å². The number of piperidine rings is 1. The predicted molar refractivity (Wildman–Crippen MR) is 230 cm³/mol. The molecule has 4 aliphatic heterocycles. The van der Waals surface area contributed by atoms with Crippen LogP contribution in [-0.4, -0.2) is 129 Å². The number of halogens is 1. The number of ether oxygens (including phenoxy) is 1. The summed E-state index contributed by atoms with van der Waals surface area (Å²) in [4.78, 5) is 48.9. The van der Waals surface area contributed by atoms with E-state index in [2.05, 4.69) is 88.1 Å². The largest absolute Gasteiger partial charge is 0.494 e. The topological polar surface area (TPSA) is 134 Å². The van der Waals surface area contributed by atoms with Crippen molar-refractivity contribution in [1.82, 2.24) is 30.1 Å². The first-order chi connectivity index (χ1) is 27.7. The monoisotopic (exact) mass is 811 g/mol. The molecule has 4 aromatic rings. The summed E-state index contributed by atoms with van der Waals surface area (Å²) in [6.45, 7) is 14.6. The number of methoxy groups -OCH3 is 1. The molecule has 4 aliphatic rings. The Morgan fingerprint density at radius 2 is 1.60 bits per heavy atom. The Morgan fingerprint density at radius 1 is 0.860 bits per heavy atom. The van der Waals surface area contributed by atoms with Gasteiger partial charge in [-0.1, -0.05) is 19.5 Å². The summed E-state index contributed by atoms with van der Waals surface area (Å²) in [5.74, 6) is 2.11. The Balaban J connectivity index is 0.779. The summed E-state index contributed by atoms with van der Waals surface area (Å²) in [5.41, 5.74) is 4.83. The lowest BCUT2D eigenvalue weighted by Crippen LogP contribution is -2.57. The van der Waals surface area contributed by atoms with Crippen molar-refractivity contribution in [2.45, 2.75) is 25.3 Å². The first-order valence-corrected chi connectivity index (χ1v) is 22.4. The number of hydrogen-bond acceptors (Lipinski definition) is 12. The smallest absolute Gasteiger partial charge is 0.328 e. The molecule has 2 aromatic heterocycles. The zero-order valence-corrected chi connectivity index (χ0v) is 34.5. The van der Waals surface area contributed by atoms with E-state index in [0.717, 1.165) is 100 Å². The van der Waals surface area contributed by atoms with Gasteiger partial charge in [0.25, 0.3) is 0 Å². The van der Waals surface area contributed by atoms with E-state index < -0.39 is 0 Å². The number of benzene rings is 2. The number of piperazine rings is 1. The highest BCUT2D eigenvalue weighted by atomic mass is 35.5. The highest BCUT2D eigenvalue weighted by molar-refractivity contribution is 7.64. The van der Waals surface area contributed by atoms with Crippen molar-refractivity contribution in [3.63, 3.8) is 0 Å².